The van der Waals surface area contributed by atoms with Gasteiger partial charge in [0.25, 0.3) is 5.69 Å². The van der Waals surface area contributed by atoms with Crippen LogP contribution in [0.15, 0.2) is 53.7 Å². The molecule has 0 radical (unpaired) electrons. The third-order valence-corrected chi connectivity index (χ3v) is 3.20. The Kier molecular flexibility index (Phi) is 5.08. The van der Waals surface area contributed by atoms with E-state index in [2.05, 4.69) is 5.16 Å². The zero-order valence-corrected chi connectivity index (χ0v) is 12.1. The Labute approximate surface area is 127 Å². The van der Waals surface area contributed by atoms with Gasteiger partial charge in [0.05, 0.1) is 10.6 Å². The van der Waals surface area contributed by atoms with E-state index in [-0.39, 0.29) is 12.3 Å². The van der Waals surface area contributed by atoms with Crippen LogP contribution in [0.1, 0.15) is 24.5 Å². The van der Waals surface area contributed by atoms with Crippen molar-refractivity contribution in [3.63, 3.8) is 0 Å². The fourth-order valence-corrected chi connectivity index (χ4v) is 2.02. The minimum absolute atomic E-state index is 0.0461. The van der Waals surface area contributed by atoms with Crippen molar-refractivity contribution in [1.29, 1.82) is 0 Å². The summed E-state index contributed by atoms with van der Waals surface area (Å²) in [6.45, 7) is 2.17. The summed E-state index contributed by atoms with van der Waals surface area (Å²) in [6, 6.07) is 13.5. The van der Waals surface area contributed by atoms with E-state index in [0.717, 1.165) is 11.1 Å². The van der Waals surface area contributed by atoms with Crippen molar-refractivity contribution in [2.75, 3.05) is 0 Å². The van der Waals surface area contributed by atoms with E-state index in [9.17, 15) is 10.1 Å². The van der Waals surface area contributed by atoms with Gasteiger partial charge in [-0.15, -0.1) is 0 Å². The predicted octanol–water partition coefficient (Wildman–Crippen LogP) is 3.76. The molecule has 0 bridgehead atoms. The van der Waals surface area contributed by atoms with Crippen LogP contribution >= 0.6 is 0 Å². The number of nitro benzene ring substituents is 1. The van der Waals surface area contributed by atoms with Gasteiger partial charge in [-0.3, -0.25) is 10.1 Å². The monoisotopic (exact) mass is 300 g/mol. The number of nitrogens with zero attached hydrogens (tertiary/aromatic N) is 2. The Balaban J connectivity index is 2.13. The van der Waals surface area contributed by atoms with Gasteiger partial charge in [0.1, 0.15) is 12.4 Å². The van der Waals surface area contributed by atoms with Crippen LogP contribution in [0, 0.1) is 10.1 Å². The van der Waals surface area contributed by atoms with Crippen molar-refractivity contribution < 1.29 is 14.9 Å². The molecule has 6 nitrogen and oxygen atoms in total. The summed E-state index contributed by atoms with van der Waals surface area (Å²) in [7, 11) is 0. The lowest BCUT2D eigenvalue weighted by atomic mass is 10.1. The number of oxime groups is 1. The lowest BCUT2D eigenvalue weighted by Crippen LogP contribution is -2.04. The topological polar surface area (TPSA) is 85.0 Å². The molecular weight excluding hydrogens is 284 g/mol. The van der Waals surface area contributed by atoms with Crippen LogP contribution in [-0.4, -0.2) is 15.8 Å². The number of non-ortho nitro benzene ring substituents is 1. The van der Waals surface area contributed by atoms with Gasteiger partial charge in [0.15, 0.2) is 0 Å². The van der Waals surface area contributed by atoms with Gasteiger partial charge >= 0.3 is 0 Å². The van der Waals surface area contributed by atoms with E-state index in [1.807, 2.05) is 25.1 Å². The summed E-state index contributed by atoms with van der Waals surface area (Å²) < 4.78 is 5.75. The summed E-state index contributed by atoms with van der Waals surface area (Å²) in [4.78, 5) is 10.2. The van der Waals surface area contributed by atoms with E-state index >= 15 is 0 Å². The SMILES string of the molecule is CC/C(=N\O)c1ccccc1OCc1ccc([N+](=O)[O-])cc1. The maximum absolute atomic E-state index is 10.6. The highest BCUT2D eigenvalue weighted by Gasteiger charge is 2.10. The first kappa shape index (κ1) is 15.5. The number of hydrogen-bond donors (Lipinski definition) is 1. The van der Waals surface area contributed by atoms with Gasteiger partial charge < -0.3 is 9.94 Å². The second-order valence-corrected chi connectivity index (χ2v) is 4.61. The number of nitro groups is 1. The summed E-state index contributed by atoms with van der Waals surface area (Å²) in [5.74, 6) is 0.607. The molecule has 1 N–H and O–H groups in total. The molecule has 0 saturated heterocycles. The molecule has 0 fully saturated rings. The van der Waals surface area contributed by atoms with Gasteiger partial charge in [-0.25, -0.2) is 0 Å². The highest BCUT2D eigenvalue weighted by Crippen LogP contribution is 2.22. The minimum Gasteiger partial charge on any atom is -0.488 e. The molecule has 0 aliphatic rings. The quantitative estimate of drug-likeness (QED) is 0.381. The largest absolute Gasteiger partial charge is 0.488 e. The van der Waals surface area contributed by atoms with E-state index in [1.165, 1.54) is 12.1 Å². The number of hydrogen-bond acceptors (Lipinski definition) is 5. The summed E-state index contributed by atoms with van der Waals surface area (Å²) >= 11 is 0. The number of rotatable bonds is 6. The highest BCUT2D eigenvalue weighted by molar-refractivity contribution is 6.02. The van der Waals surface area contributed by atoms with Crippen LogP contribution in [0.2, 0.25) is 0 Å². The second kappa shape index (κ2) is 7.21. The molecule has 22 heavy (non-hydrogen) atoms. The van der Waals surface area contributed by atoms with Crippen molar-refractivity contribution in [3.8, 4) is 5.75 Å². The maximum atomic E-state index is 10.6. The fraction of sp³-hybridized carbons (Fsp3) is 0.188. The van der Waals surface area contributed by atoms with Crippen molar-refractivity contribution in [1.82, 2.24) is 0 Å². The average Bonchev–Trinajstić information content (AvgIpc) is 2.55. The zero-order valence-electron chi connectivity index (χ0n) is 12.1. The molecule has 6 heteroatoms. The van der Waals surface area contributed by atoms with E-state index in [1.54, 1.807) is 18.2 Å². The number of ether oxygens (including phenoxy) is 1. The molecular formula is C16H16N2O4. The van der Waals surface area contributed by atoms with Gasteiger partial charge in [-0.1, -0.05) is 24.2 Å². The fourth-order valence-electron chi connectivity index (χ4n) is 2.02. The zero-order chi connectivity index (χ0) is 15.9. The molecule has 2 rings (SSSR count). The molecule has 0 amide bonds. The Hall–Kier alpha value is -2.89. The summed E-state index contributed by atoms with van der Waals surface area (Å²) in [5, 5.41) is 22.9. The smallest absolute Gasteiger partial charge is 0.269 e. The molecule has 0 heterocycles. The number of benzene rings is 2. The second-order valence-electron chi connectivity index (χ2n) is 4.61. The standard InChI is InChI=1S/C16H16N2O4/c1-2-15(17-19)14-5-3-4-6-16(14)22-11-12-7-9-13(10-8-12)18(20)21/h3-10,19H,2,11H2,1H3/b17-15+. The van der Waals surface area contributed by atoms with Crippen LogP contribution < -0.4 is 4.74 Å². The average molecular weight is 300 g/mol. The first-order valence-electron chi connectivity index (χ1n) is 6.82. The van der Waals surface area contributed by atoms with E-state index in [0.29, 0.717) is 17.9 Å². The first-order chi connectivity index (χ1) is 10.7. The Bertz CT molecular complexity index is 681. The van der Waals surface area contributed by atoms with Crippen LogP contribution in [0.25, 0.3) is 0 Å². The van der Waals surface area contributed by atoms with Gasteiger partial charge in [-0.2, -0.15) is 0 Å². The van der Waals surface area contributed by atoms with Crippen molar-refractivity contribution >= 4 is 11.4 Å². The molecule has 0 aliphatic carbocycles. The molecule has 0 aliphatic heterocycles. The van der Waals surface area contributed by atoms with Gasteiger partial charge in [0, 0.05) is 17.7 Å². The first-order valence-corrected chi connectivity index (χ1v) is 6.82. The number of para-hydroxylation sites is 1. The van der Waals surface area contributed by atoms with Crippen LogP contribution in [0.3, 0.4) is 0 Å². The summed E-state index contributed by atoms with van der Waals surface area (Å²) in [5.41, 5.74) is 2.14. The molecule has 0 unspecified atom stereocenters. The van der Waals surface area contributed by atoms with E-state index < -0.39 is 4.92 Å². The third kappa shape index (κ3) is 3.60. The van der Waals surface area contributed by atoms with Crippen LogP contribution in [0.5, 0.6) is 5.75 Å². The Morgan fingerprint density at radius 1 is 1.23 bits per heavy atom. The molecule has 0 spiro atoms. The third-order valence-electron chi connectivity index (χ3n) is 3.20. The van der Waals surface area contributed by atoms with E-state index in [4.69, 9.17) is 9.94 Å². The molecule has 0 saturated carbocycles. The lowest BCUT2D eigenvalue weighted by Gasteiger charge is -2.11. The summed E-state index contributed by atoms with van der Waals surface area (Å²) in [6.07, 6.45) is 0.578. The Morgan fingerprint density at radius 2 is 1.91 bits per heavy atom. The molecule has 114 valence electrons. The van der Waals surface area contributed by atoms with Crippen molar-refractivity contribution in [3.05, 3.63) is 69.8 Å². The maximum Gasteiger partial charge on any atom is 0.269 e. The minimum atomic E-state index is -0.439. The van der Waals surface area contributed by atoms with Crippen molar-refractivity contribution in [2.24, 2.45) is 5.16 Å². The molecule has 2 aromatic rings. The highest BCUT2D eigenvalue weighted by atomic mass is 16.6. The molecule has 0 aromatic heterocycles. The predicted molar refractivity (Wildman–Crippen MR) is 82.5 cm³/mol. The normalized spacial score (nSPS) is 11.2. The lowest BCUT2D eigenvalue weighted by molar-refractivity contribution is -0.384. The molecule has 0 atom stereocenters. The Morgan fingerprint density at radius 3 is 2.50 bits per heavy atom. The van der Waals surface area contributed by atoms with Crippen molar-refractivity contribution in [2.45, 2.75) is 20.0 Å². The van der Waals surface area contributed by atoms with Gasteiger partial charge in [0.2, 0.25) is 0 Å². The van der Waals surface area contributed by atoms with Crippen LogP contribution in [-0.2, 0) is 6.61 Å². The van der Waals surface area contributed by atoms with Gasteiger partial charge in [-0.05, 0) is 36.2 Å². The van der Waals surface area contributed by atoms with Crippen LogP contribution in [0.4, 0.5) is 5.69 Å². The molecule has 2 aromatic carbocycles.